The third-order valence-corrected chi connectivity index (χ3v) is 4.94. The summed E-state index contributed by atoms with van der Waals surface area (Å²) in [6, 6.07) is 10.9. The molecule has 0 atom stereocenters. The Morgan fingerprint density at radius 1 is 1.00 bits per heavy atom. The lowest BCUT2D eigenvalue weighted by Crippen LogP contribution is -2.32. The van der Waals surface area contributed by atoms with Crippen molar-refractivity contribution in [1.29, 1.82) is 0 Å². The molecule has 1 aliphatic heterocycles. The molecule has 0 aliphatic carbocycles. The van der Waals surface area contributed by atoms with Crippen LogP contribution in [0.15, 0.2) is 54.8 Å². The molecule has 1 aliphatic rings. The number of nitrogens with zero attached hydrogens (tertiary/aromatic N) is 1. The average Bonchev–Trinajstić information content (AvgIpc) is 2.95. The SMILES string of the molecule is C=CCN1C(=O)C(Nc2ccc(OC)cc2OC)=C(c2ccc(C)c(C)c2)C1=O. The number of imide groups is 1. The monoisotopic (exact) mass is 392 g/mol. The molecule has 0 bridgehead atoms. The van der Waals surface area contributed by atoms with Gasteiger partial charge >= 0.3 is 0 Å². The minimum absolute atomic E-state index is 0.136. The molecule has 2 amide bonds. The van der Waals surface area contributed by atoms with Gasteiger partial charge < -0.3 is 14.8 Å². The van der Waals surface area contributed by atoms with Gasteiger partial charge in [-0.1, -0.05) is 24.3 Å². The second-order valence-corrected chi connectivity index (χ2v) is 6.75. The van der Waals surface area contributed by atoms with E-state index in [0.717, 1.165) is 11.1 Å². The Balaban J connectivity index is 2.13. The highest BCUT2D eigenvalue weighted by molar-refractivity contribution is 6.36. The number of aryl methyl sites for hydroxylation is 2. The minimum Gasteiger partial charge on any atom is -0.497 e. The Bertz CT molecular complexity index is 1020. The first-order chi connectivity index (χ1) is 13.9. The zero-order valence-electron chi connectivity index (χ0n) is 17.0. The van der Waals surface area contributed by atoms with Crippen molar-refractivity contribution in [3.63, 3.8) is 0 Å². The van der Waals surface area contributed by atoms with E-state index in [1.807, 2.05) is 32.0 Å². The average molecular weight is 392 g/mol. The molecule has 0 saturated heterocycles. The van der Waals surface area contributed by atoms with Crippen LogP contribution in [0.1, 0.15) is 16.7 Å². The molecule has 6 heteroatoms. The third-order valence-electron chi connectivity index (χ3n) is 4.94. The number of amides is 2. The van der Waals surface area contributed by atoms with Crippen LogP contribution < -0.4 is 14.8 Å². The van der Waals surface area contributed by atoms with Crippen LogP contribution >= 0.6 is 0 Å². The largest absolute Gasteiger partial charge is 0.497 e. The van der Waals surface area contributed by atoms with Crippen molar-refractivity contribution in [2.45, 2.75) is 13.8 Å². The number of rotatable bonds is 7. The van der Waals surface area contributed by atoms with Gasteiger partial charge in [0.1, 0.15) is 17.2 Å². The Morgan fingerprint density at radius 3 is 2.38 bits per heavy atom. The van der Waals surface area contributed by atoms with E-state index >= 15 is 0 Å². The summed E-state index contributed by atoms with van der Waals surface area (Å²) < 4.78 is 10.6. The van der Waals surface area contributed by atoms with E-state index in [1.165, 1.54) is 18.1 Å². The summed E-state index contributed by atoms with van der Waals surface area (Å²) in [5, 5.41) is 3.12. The number of benzene rings is 2. The van der Waals surface area contributed by atoms with Gasteiger partial charge in [-0.2, -0.15) is 0 Å². The van der Waals surface area contributed by atoms with Crippen LogP contribution in [-0.2, 0) is 9.59 Å². The fraction of sp³-hybridized carbons (Fsp3) is 0.217. The van der Waals surface area contributed by atoms with E-state index < -0.39 is 5.91 Å². The molecule has 1 N–H and O–H groups in total. The van der Waals surface area contributed by atoms with Gasteiger partial charge in [0, 0.05) is 12.6 Å². The molecule has 0 fully saturated rings. The highest BCUT2D eigenvalue weighted by atomic mass is 16.5. The zero-order valence-corrected chi connectivity index (χ0v) is 17.0. The van der Waals surface area contributed by atoms with E-state index in [0.29, 0.717) is 28.3 Å². The number of ether oxygens (including phenoxy) is 2. The van der Waals surface area contributed by atoms with Crippen LogP contribution in [0, 0.1) is 13.8 Å². The lowest BCUT2D eigenvalue weighted by atomic mass is 9.99. The van der Waals surface area contributed by atoms with Crippen molar-refractivity contribution in [2.24, 2.45) is 0 Å². The van der Waals surface area contributed by atoms with Gasteiger partial charge in [-0.3, -0.25) is 14.5 Å². The lowest BCUT2D eigenvalue weighted by molar-refractivity contribution is -0.136. The summed E-state index contributed by atoms with van der Waals surface area (Å²) in [5.41, 5.74) is 3.94. The first kappa shape index (κ1) is 20.2. The fourth-order valence-corrected chi connectivity index (χ4v) is 3.19. The van der Waals surface area contributed by atoms with Crippen molar-refractivity contribution in [3.8, 4) is 11.5 Å². The van der Waals surface area contributed by atoms with Gasteiger partial charge in [0.05, 0.1) is 25.5 Å². The molecule has 2 aromatic rings. The van der Waals surface area contributed by atoms with Crippen LogP contribution in [0.4, 0.5) is 5.69 Å². The molecule has 3 rings (SSSR count). The topological polar surface area (TPSA) is 67.9 Å². The third kappa shape index (κ3) is 3.74. The van der Waals surface area contributed by atoms with Crippen LogP contribution in [0.2, 0.25) is 0 Å². The molecule has 1 heterocycles. The Hall–Kier alpha value is -3.54. The number of anilines is 1. The van der Waals surface area contributed by atoms with Gasteiger partial charge in [0.25, 0.3) is 11.8 Å². The van der Waals surface area contributed by atoms with Crippen molar-refractivity contribution in [3.05, 3.63) is 71.4 Å². The maximum atomic E-state index is 13.1. The first-order valence-electron chi connectivity index (χ1n) is 9.19. The zero-order chi connectivity index (χ0) is 21.1. The number of hydrogen-bond donors (Lipinski definition) is 1. The van der Waals surface area contributed by atoms with Gasteiger partial charge in [0.2, 0.25) is 0 Å². The fourth-order valence-electron chi connectivity index (χ4n) is 3.19. The van der Waals surface area contributed by atoms with Crippen LogP contribution in [0.25, 0.3) is 5.57 Å². The van der Waals surface area contributed by atoms with E-state index in [-0.39, 0.29) is 18.1 Å². The smallest absolute Gasteiger partial charge is 0.278 e. The van der Waals surface area contributed by atoms with E-state index in [1.54, 1.807) is 25.3 Å². The second-order valence-electron chi connectivity index (χ2n) is 6.75. The van der Waals surface area contributed by atoms with Crippen molar-refractivity contribution >= 4 is 23.1 Å². The van der Waals surface area contributed by atoms with Gasteiger partial charge in [-0.25, -0.2) is 0 Å². The molecule has 0 spiro atoms. The predicted molar refractivity (Wildman–Crippen MR) is 113 cm³/mol. The summed E-state index contributed by atoms with van der Waals surface area (Å²) >= 11 is 0. The van der Waals surface area contributed by atoms with Crippen LogP contribution in [0.5, 0.6) is 11.5 Å². The molecular formula is C23H24N2O4. The molecule has 29 heavy (non-hydrogen) atoms. The highest BCUT2D eigenvalue weighted by Crippen LogP contribution is 2.35. The predicted octanol–water partition coefficient (Wildman–Crippen LogP) is 3.70. The summed E-state index contributed by atoms with van der Waals surface area (Å²) in [4.78, 5) is 27.3. The Morgan fingerprint density at radius 2 is 1.76 bits per heavy atom. The molecule has 0 unspecified atom stereocenters. The summed E-state index contributed by atoms with van der Waals surface area (Å²) in [6.45, 7) is 7.76. The highest BCUT2D eigenvalue weighted by Gasteiger charge is 2.38. The van der Waals surface area contributed by atoms with Crippen LogP contribution in [-0.4, -0.2) is 37.5 Å². The standard InChI is InChI=1S/C23H24N2O4/c1-6-11-25-22(26)20(16-8-7-14(2)15(3)12-16)21(23(25)27)24-18-10-9-17(28-4)13-19(18)29-5/h6-10,12-13,24H,1,11H2,2-5H3. The number of methoxy groups -OCH3 is 2. The van der Waals surface area contributed by atoms with E-state index in [9.17, 15) is 9.59 Å². The molecule has 0 aromatic heterocycles. The van der Waals surface area contributed by atoms with Gasteiger partial charge in [-0.05, 0) is 42.7 Å². The quantitative estimate of drug-likeness (QED) is 0.575. The maximum absolute atomic E-state index is 13.1. The number of carbonyl (C=O) groups is 2. The Labute approximate surface area is 170 Å². The summed E-state index contributed by atoms with van der Waals surface area (Å²) in [6.07, 6.45) is 1.53. The summed E-state index contributed by atoms with van der Waals surface area (Å²) in [5.74, 6) is 0.366. The molecule has 0 radical (unpaired) electrons. The van der Waals surface area contributed by atoms with Gasteiger partial charge in [0.15, 0.2) is 0 Å². The maximum Gasteiger partial charge on any atom is 0.278 e. The molecule has 2 aromatic carbocycles. The second kappa shape index (κ2) is 8.22. The molecular weight excluding hydrogens is 368 g/mol. The molecule has 6 nitrogen and oxygen atoms in total. The normalized spacial score (nSPS) is 13.7. The van der Waals surface area contributed by atoms with Gasteiger partial charge in [-0.15, -0.1) is 6.58 Å². The van der Waals surface area contributed by atoms with Crippen molar-refractivity contribution in [2.75, 3.05) is 26.1 Å². The number of hydrogen-bond acceptors (Lipinski definition) is 5. The molecule has 150 valence electrons. The van der Waals surface area contributed by atoms with Crippen molar-refractivity contribution in [1.82, 2.24) is 4.90 Å². The number of nitrogens with one attached hydrogen (secondary N) is 1. The minimum atomic E-state index is -0.402. The first-order valence-corrected chi connectivity index (χ1v) is 9.19. The number of carbonyl (C=O) groups excluding carboxylic acids is 2. The molecule has 0 saturated carbocycles. The van der Waals surface area contributed by atoms with E-state index in [2.05, 4.69) is 11.9 Å². The van der Waals surface area contributed by atoms with Crippen LogP contribution in [0.3, 0.4) is 0 Å². The van der Waals surface area contributed by atoms with E-state index in [4.69, 9.17) is 9.47 Å². The lowest BCUT2D eigenvalue weighted by Gasteiger charge is -2.14. The summed E-state index contributed by atoms with van der Waals surface area (Å²) in [7, 11) is 3.10. The van der Waals surface area contributed by atoms with Crippen molar-refractivity contribution < 1.29 is 19.1 Å². The Kier molecular flexibility index (Phi) is 5.73.